The van der Waals surface area contributed by atoms with E-state index in [1.807, 2.05) is 44.2 Å². The Morgan fingerprint density at radius 3 is 2.62 bits per heavy atom. The summed E-state index contributed by atoms with van der Waals surface area (Å²) in [4.78, 5) is 24.3. The fourth-order valence-electron chi connectivity index (χ4n) is 2.99. The van der Waals surface area contributed by atoms with Crippen LogP contribution in [-0.2, 0) is 35.1 Å². The Labute approximate surface area is 154 Å². The molecule has 1 aliphatic heterocycles. The van der Waals surface area contributed by atoms with Gasteiger partial charge < -0.3 is 18.9 Å². The molecular formula is C20H28O6. The van der Waals surface area contributed by atoms with Crippen molar-refractivity contribution in [3.05, 3.63) is 35.9 Å². The lowest BCUT2D eigenvalue weighted by molar-refractivity contribution is -0.274. The van der Waals surface area contributed by atoms with Gasteiger partial charge in [-0.25, -0.2) is 0 Å². The maximum Gasteiger partial charge on any atom is 0.320 e. The van der Waals surface area contributed by atoms with Crippen molar-refractivity contribution < 1.29 is 28.5 Å². The molecule has 2 rings (SSSR count). The first-order valence-corrected chi connectivity index (χ1v) is 9.01. The molecule has 2 atom stereocenters. The fraction of sp³-hybridized carbons (Fsp3) is 0.600. The number of rotatable bonds is 8. The Morgan fingerprint density at radius 2 is 1.96 bits per heavy atom. The first-order chi connectivity index (χ1) is 12.4. The lowest BCUT2D eigenvalue weighted by Crippen LogP contribution is -2.39. The van der Waals surface area contributed by atoms with Gasteiger partial charge in [-0.3, -0.25) is 9.59 Å². The van der Waals surface area contributed by atoms with E-state index in [2.05, 4.69) is 0 Å². The zero-order valence-electron chi connectivity index (χ0n) is 15.7. The van der Waals surface area contributed by atoms with Crippen LogP contribution >= 0.6 is 0 Å². The van der Waals surface area contributed by atoms with Crippen molar-refractivity contribution in [3.8, 4) is 0 Å². The largest absolute Gasteiger partial charge is 0.468 e. The molecule has 0 saturated carbocycles. The highest BCUT2D eigenvalue weighted by Gasteiger charge is 2.31. The van der Waals surface area contributed by atoms with Crippen LogP contribution in [0.3, 0.4) is 0 Å². The molecule has 0 N–H and O–H groups in total. The molecule has 144 valence electrons. The topological polar surface area (TPSA) is 71.1 Å². The standard InChI is InChI=1S/C20H28O6/c1-20(2)25-13-12-16(26-20)10-7-11-17(18(21)23-3)19(22)24-14-15-8-5-4-6-9-15/h4-6,8-9,16-17H,7,10-14H2,1-3H3/t16-,17?/m0/s1. The third-order valence-corrected chi connectivity index (χ3v) is 4.35. The van der Waals surface area contributed by atoms with Gasteiger partial charge in [-0.2, -0.15) is 0 Å². The van der Waals surface area contributed by atoms with Gasteiger partial charge in [-0.15, -0.1) is 0 Å². The number of esters is 2. The zero-order valence-corrected chi connectivity index (χ0v) is 15.7. The van der Waals surface area contributed by atoms with Gasteiger partial charge in [0, 0.05) is 0 Å². The molecule has 0 amide bonds. The van der Waals surface area contributed by atoms with Crippen LogP contribution in [-0.4, -0.2) is 37.5 Å². The van der Waals surface area contributed by atoms with Crippen LogP contribution in [0.5, 0.6) is 0 Å². The highest BCUT2D eigenvalue weighted by atomic mass is 16.7. The number of carbonyl (C=O) groups is 2. The fourth-order valence-corrected chi connectivity index (χ4v) is 2.99. The predicted molar refractivity (Wildman–Crippen MR) is 95.1 cm³/mol. The van der Waals surface area contributed by atoms with Crippen molar-refractivity contribution in [2.75, 3.05) is 13.7 Å². The number of methoxy groups -OCH3 is 1. The van der Waals surface area contributed by atoms with Crippen LogP contribution < -0.4 is 0 Å². The van der Waals surface area contributed by atoms with E-state index < -0.39 is 23.6 Å². The number of hydrogen-bond donors (Lipinski definition) is 0. The summed E-state index contributed by atoms with van der Waals surface area (Å²) in [7, 11) is 1.28. The molecule has 0 spiro atoms. The summed E-state index contributed by atoms with van der Waals surface area (Å²) in [5.74, 6) is -2.60. The second-order valence-corrected chi connectivity index (χ2v) is 6.88. The number of ether oxygens (including phenoxy) is 4. The Bertz CT molecular complexity index is 583. The van der Waals surface area contributed by atoms with Gasteiger partial charge in [0.25, 0.3) is 0 Å². The molecule has 0 bridgehead atoms. The maximum absolute atomic E-state index is 12.3. The Balaban J connectivity index is 1.82. The normalized spacial score (nSPS) is 20.2. The average molecular weight is 364 g/mol. The Hall–Kier alpha value is -1.92. The van der Waals surface area contributed by atoms with E-state index in [9.17, 15) is 9.59 Å². The number of carbonyl (C=O) groups excluding carboxylic acids is 2. The quantitative estimate of drug-likeness (QED) is 0.521. The number of hydrogen-bond acceptors (Lipinski definition) is 6. The monoisotopic (exact) mass is 364 g/mol. The van der Waals surface area contributed by atoms with Gasteiger partial charge in [0.1, 0.15) is 6.61 Å². The van der Waals surface area contributed by atoms with Crippen molar-refractivity contribution in [2.45, 2.75) is 58.0 Å². The highest BCUT2D eigenvalue weighted by molar-refractivity contribution is 5.94. The van der Waals surface area contributed by atoms with Gasteiger partial charge in [0.15, 0.2) is 11.7 Å². The maximum atomic E-state index is 12.3. The van der Waals surface area contributed by atoms with Gasteiger partial charge in [-0.1, -0.05) is 30.3 Å². The SMILES string of the molecule is COC(=O)C(CCC[C@H]1CCOC(C)(C)O1)C(=O)OCc1ccccc1. The van der Waals surface area contributed by atoms with E-state index in [0.29, 0.717) is 19.4 Å². The first-order valence-electron chi connectivity index (χ1n) is 9.01. The minimum atomic E-state index is -0.906. The third-order valence-electron chi connectivity index (χ3n) is 4.35. The van der Waals surface area contributed by atoms with Crippen molar-refractivity contribution in [1.29, 1.82) is 0 Å². The van der Waals surface area contributed by atoms with E-state index >= 15 is 0 Å². The smallest absolute Gasteiger partial charge is 0.320 e. The molecule has 6 nitrogen and oxygen atoms in total. The summed E-state index contributed by atoms with van der Waals surface area (Å²) in [5.41, 5.74) is 0.877. The van der Waals surface area contributed by atoms with Crippen LogP contribution in [0.1, 0.15) is 45.1 Å². The van der Waals surface area contributed by atoms with Crippen LogP contribution in [0.2, 0.25) is 0 Å². The van der Waals surface area contributed by atoms with Crippen molar-refractivity contribution in [3.63, 3.8) is 0 Å². The first kappa shape index (κ1) is 20.4. The molecule has 1 aromatic rings. The summed E-state index contributed by atoms with van der Waals surface area (Å²) in [6.07, 6.45) is 2.68. The molecule has 0 aromatic heterocycles. The summed E-state index contributed by atoms with van der Waals surface area (Å²) < 4.78 is 21.4. The van der Waals surface area contributed by atoms with E-state index in [1.54, 1.807) is 0 Å². The van der Waals surface area contributed by atoms with E-state index in [4.69, 9.17) is 18.9 Å². The van der Waals surface area contributed by atoms with Crippen LogP contribution in [0.25, 0.3) is 0 Å². The van der Waals surface area contributed by atoms with E-state index in [-0.39, 0.29) is 12.7 Å². The molecule has 6 heteroatoms. The Kier molecular flexibility index (Phi) is 7.60. The second-order valence-electron chi connectivity index (χ2n) is 6.88. The average Bonchev–Trinajstić information content (AvgIpc) is 2.63. The molecule has 1 heterocycles. The zero-order chi connectivity index (χ0) is 19.0. The summed E-state index contributed by atoms with van der Waals surface area (Å²) >= 11 is 0. The minimum absolute atomic E-state index is 0.0670. The van der Waals surface area contributed by atoms with Gasteiger partial charge in [0.2, 0.25) is 0 Å². The predicted octanol–water partition coefficient (Wildman–Crippen LogP) is 3.23. The second kappa shape index (κ2) is 9.69. The van der Waals surface area contributed by atoms with E-state index in [1.165, 1.54) is 7.11 Å². The summed E-state index contributed by atoms with van der Waals surface area (Å²) in [6.45, 7) is 4.57. The molecular weight excluding hydrogens is 336 g/mol. The number of benzene rings is 1. The van der Waals surface area contributed by atoms with Crippen molar-refractivity contribution in [2.24, 2.45) is 5.92 Å². The third kappa shape index (κ3) is 6.42. The molecule has 1 fully saturated rings. The molecule has 1 aliphatic rings. The van der Waals surface area contributed by atoms with Crippen molar-refractivity contribution in [1.82, 2.24) is 0 Å². The van der Waals surface area contributed by atoms with Crippen LogP contribution in [0.4, 0.5) is 0 Å². The van der Waals surface area contributed by atoms with Crippen molar-refractivity contribution >= 4 is 11.9 Å². The molecule has 1 aromatic carbocycles. The molecule has 1 saturated heterocycles. The molecule has 0 radical (unpaired) electrons. The highest BCUT2D eigenvalue weighted by Crippen LogP contribution is 2.26. The van der Waals surface area contributed by atoms with E-state index in [0.717, 1.165) is 18.4 Å². The lowest BCUT2D eigenvalue weighted by Gasteiger charge is -2.36. The van der Waals surface area contributed by atoms with Gasteiger partial charge >= 0.3 is 11.9 Å². The van der Waals surface area contributed by atoms with Crippen LogP contribution in [0, 0.1) is 5.92 Å². The summed E-state index contributed by atoms with van der Waals surface area (Å²) in [5, 5.41) is 0. The van der Waals surface area contributed by atoms with Gasteiger partial charge in [-0.05, 0) is 45.1 Å². The van der Waals surface area contributed by atoms with Crippen LogP contribution in [0.15, 0.2) is 30.3 Å². The molecule has 1 unspecified atom stereocenters. The minimum Gasteiger partial charge on any atom is -0.468 e. The summed E-state index contributed by atoms with van der Waals surface area (Å²) in [6, 6.07) is 9.37. The Morgan fingerprint density at radius 1 is 1.23 bits per heavy atom. The molecule has 0 aliphatic carbocycles. The van der Waals surface area contributed by atoms with Gasteiger partial charge in [0.05, 0.1) is 19.8 Å². The molecule has 26 heavy (non-hydrogen) atoms. The lowest BCUT2D eigenvalue weighted by atomic mass is 9.99.